The van der Waals surface area contributed by atoms with E-state index >= 15 is 0 Å². The van der Waals surface area contributed by atoms with Crippen LogP contribution in [-0.4, -0.2) is 49.6 Å². The number of fused-ring (bicyclic) bond motifs is 2. The first-order valence-electron chi connectivity index (χ1n) is 9.35. The number of hydrogen-bond acceptors (Lipinski definition) is 5. The highest BCUT2D eigenvalue weighted by Crippen LogP contribution is 2.40. The number of aromatic nitrogens is 3. The third-order valence-corrected chi connectivity index (χ3v) is 6.05. The predicted octanol–water partition coefficient (Wildman–Crippen LogP) is 1.51. The Morgan fingerprint density at radius 2 is 2.12 bits per heavy atom. The van der Waals surface area contributed by atoms with Crippen molar-refractivity contribution in [3.63, 3.8) is 0 Å². The molecule has 2 fully saturated rings. The van der Waals surface area contributed by atoms with E-state index in [1.54, 1.807) is 36.1 Å². The number of amides is 1. The number of carbonyl (C=O) groups is 1. The molecule has 2 aromatic rings. The molecule has 1 saturated carbocycles. The summed E-state index contributed by atoms with van der Waals surface area (Å²) in [5, 5.41) is 19.3. The zero-order valence-electron chi connectivity index (χ0n) is 15.0. The first-order chi connectivity index (χ1) is 12.5. The minimum atomic E-state index is -0.714. The van der Waals surface area contributed by atoms with E-state index in [4.69, 9.17) is 0 Å². The smallest absolute Gasteiger partial charge is 0.278 e. The van der Waals surface area contributed by atoms with E-state index in [2.05, 4.69) is 10.3 Å². The monoisotopic (exact) mass is 356 g/mol. The van der Waals surface area contributed by atoms with Crippen LogP contribution in [0, 0.1) is 5.92 Å². The summed E-state index contributed by atoms with van der Waals surface area (Å²) < 4.78 is 1.17. The number of rotatable bonds is 2. The molecule has 1 N–H and O–H groups in total. The van der Waals surface area contributed by atoms with Crippen LogP contribution in [0.1, 0.15) is 45.1 Å². The van der Waals surface area contributed by atoms with Crippen LogP contribution in [-0.2, 0) is 4.79 Å². The molecule has 7 heteroatoms. The third-order valence-electron chi connectivity index (χ3n) is 6.05. The van der Waals surface area contributed by atoms with Crippen molar-refractivity contribution in [2.45, 2.75) is 50.7 Å². The minimum absolute atomic E-state index is 0.126. The number of hydrogen-bond donors (Lipinski definition) is 1. The van der Waals surface area contributed by atoms with Crippen LogP contribution in [0.4, 0.5) is 0 Å². The van der Waals surface area contributed by atoms with Gasteiger partial charge in [0.2, 0.25) is 5.91 Å². The number of carbonyl (C=O) groups excluding carboxylic acids is 1. The highest BCUT2D eigenvalue weighted by Gasteiger charge is 2.44. The second-order valence-electron chi connectivity index (χ2n) is 7.61. The van der Waals surface area contributed by atoms with Crippen molar-refractivity contribution in [1.29, 1.82) is 0 Å². The van der Waals surface area contributed by atoms with Gasteiger partial charge in [-0.3, -0.25) is 9.59 Å². The molecule has 0 spiro atoms. The quantitative estimate of drug-likeness (QED) is 0.881. The molecular weight excluding hydrogens is 332 g/mol. The Morgan fingerprint density at radius 1 is 1.31 bits per heavy atom. The van der Waals surface area contributed by atoms with Crippen molar-refractivity contribution >= 4 is 16.8 Å². The molecule has 0 bridgehead atoms. The second kappa shape index (κ2) is 6.46. The maximum absolute atomic E-state index is 13.0. The van der Waals surface area contributed by atoms with Crippen molar-refractivity contribution in [2.75, 3.05) is 13.1 Å². The van der Waals surface area contributed by atoms with E-state index in [0.717, 1.165) is 25.7 Å². The Hall–Kier alpha value is -2.28. The van der Waals surface area contributed by atoms with Crippen molar-refractivity contribution in [3.05, 3.63) is 34.6 Å². The summed E-state index contributed by atoms with van der Waals surface area (Å²) in [6.45, 7) is 2.76. The molecule has 1 aliphatic carbocycles. The lowest BCUT2D eigenvalue weighted by Crippen LogP contribution is -2.55. The maximum Gasteiger partial charge on any atom is 0.278 e. The summed E-state index contributed by atoms with van der Waals surface area (Å²) in [6.07, 6.45) is 4.53. The van der Waals surface area contributed by atoms with Gasteiger partial charge >= 0.3 is 0 Å². The minimum Gasteiger partial charge on any atom is -0.389 e. The molecule has 1 aliphatic heterocycles. The van der Waals surface area contributed by atoms with E-state index in [0.29, 0.717) is 30.4 Å². The average molecular weight is 356 g/mol. The van der Waals surface area contributed by atoms with Gasteiger partial charge in [-0.2, -0.15) is 4.68 Å². The first-order valence-corrected chi connectivity index (χ1v) is 9.35. The Balaban J connectivity index is 1.57. The van der Waals surface area contributed by atoms with E-state index < -0.39 is 11.6 Å². The van der Waals surface area contributed by atoms with Crippen molar-refractivity contribution < 1.29 is 9.90 Å². The van der Waals surface area contributed by atoms with E-state index in [-0.39, 0.29) is 17.4 Å². The summed E-state index contributed by atoms with van der Waals surface area (Å²) in [5.74, 6) is -0.00938. The van der Waals surface area contributed by atoms with Gasteiger partial charge in [-0.05, 0) is 38.3 Å². The normalized spacial score (nSPS) is 27.2. The summed E-state index contributed by atoms with van der Waals surface area (Å²) in [5.41, 5.74) is -0.404. The largest absolute Gasteiger partial charge is 0.389 e. The molecule has 7 nitrogen and oxygen atoms in total. The van der Waals surface area contributed by atoms with Gasteiger partial charge in [0.05, 0.1) is 11.0 Å². The summed E-state index contributed by atoms with van der Waals surface area (Å²) in [7, 11) is 0. The Labute approximate surface area is 151 Å². The van der Waals surface area contributed by atoms with Crippen LogP contribution in [0.25, 0.3) is 10.9 Å². The van der Waals surface area contributed by atoms with Gasteiger partial charge < -0.3 is 10.0 Å². The van der Waals surface area contributed by atoms with Gasteiger partial charge in [-0.25, -0.2) is 0 Å². The molecule has 1 amide bonds. The predicted molar refractivity (Wildman–Crippen MR) is 96.6 cm³/mol. The molecule has 2 heterocycles. The Morgan fingerprint density at radius 3 is 2.96 bits per heavy atom. The van der Waals surface area contributed by atoms with Crippen molar-refractivity contribution in [1.82, 2.24) is 19.9 Å². The van der Waals surface area contributed by atoms with Gasteiger partial charge in [-0.15, -0.1) is 5.10 Å². The van der Waals surface area contributed by atoms with Gasteiger partial charge in [0.25, 0.3) is 5.56 Å². The fourth-order valence-electron chi connectivity index (χ4n) is 4.40. The second-order valence-corrected chi connectivity index (χ2v) is 7.61. The number of likely N-dealkylation sites (tertiary alicyclic amines) is 1. The van der Waals surface area contributed by atoms with E-state index in [9.17, 15) is 14.7 Å². The summed E-state index contributed by atoms with van der Waals surface area (Å²) in [4.78, 5) is 27.4. The van der Waals surface area contributed by atoms with Crippen LogP contribution < -0.4 is 5.56 Å². The number of aliphatic hydroxyl groups is 1. The fourth-order valence-corrected chi connectivity index (χ4v) is 4.40. The summed E-state index contributed by atoms with van der Waals surface area (Å²) >= 11 is 0. The highest BCUT2D eigenvalue weighted by molar-refractivity contribution is 5.81. The molecule has 26 heavy (non-hydrogen) atoms. The zero-order chi connectivity index (χ0) is 18.3. The van der Waals surface area contributed by atoms with E-state index in [1.807, 2.05) is 0 Å². The molecule has 1 aromatic heterocycles. The molecule has 3 atom stereocenters. The van der Waals surface area contributed by atoms with Crippen molar-refractivity contribution in [3.8, 4) is 0 Å². The lowest BCUT2D eigenvalue weighted by molar-refractivity contribution is -0.146. The number of nitrogens with zero attached hydrogens (tertiary/aromatic N) is 4. The first kappa shape index (κ1) is 17.1. The molecular formula is C19H24N4O3. The van der Waals surface area contributed by atoms with Crippen LogP contribution in [0.2, 0.25) is 0 Å². The molecule has 4 rings (SSSR count). The van der Waals surface area contributed by atoms with Crippen LogP contribution in [0.15, 0.2) is 29.1 Å². The standard InChI is InChI=1S/C19H24N4O3/c1-13(23-18(25)15-7-2-3-8-16(15)20-21-23)17(24)22-11-10-19(26)9-5-4-6-14(19)12-22/h2-3,7-8,13-14,26H,4-6,9-12H2,1H3/t13-,14?,19?/m0/s1. The zero-order valence-corrected chi connectivity index (χ0v) is 15.0. The maximum atomic E-state index is 13.0. The van der Waals surface area contributed by atoms with Gasteiger partial charge in [0.15, 0.2) is 0 Å². The van der Waals surface area contributed by atoms with Crippen LogP contribution in [0.5, 0.6) is 0 Å². The van der Waals surface area contributed by atoms with Gasteiger partial charge in [0.1, 0.15) is 11.6 Å². The van der Waals surface area contributed by atoms with Crippen molar-refractivity contribution in [2.24, 2.45) is 5.92 Å². The SMILES string of the molecule is C[C@@H](C(=O)N1CCC2(O)CCCCC2C1)n1nnc2ccccc2c1=O. The molecule has 1 aromatic carbocycles. The molecule has 2 aliphatic rings. The molecule has 138 valence electrons. The average Bonchev–Trinajstić information content (AvgIpc) is 2.66. The Kier molecular flexibility index (Phi) is 4.26. The third kappa shape index (κ3) is 2.80. The molecule has 1 saturated heterocycles. The van der Waals surface area contributed by atoms with E-state index in [1.165, 1.54) is 4.68 Å². The van der Waals surface area contributed by atoms with Gasteiger partial charge in [-0.1, -0.05) is 30.2 Å². The topological polar surface area (TPSA) is 88.3 Å². The molecule has 2 unspecified atom stereocenters. The number of benzene rings is 1. The lowest BCUT2D eigenvalue weighted by atomic mass is 9.71. The summed E-state index contributed by atoms with van der Waals surface area (Å²) in [6, 6.07) is 6.29. The number of piperidine rings is 1. The van der Waals surface area contributed by atoms with Crippen LogP contribution >= 0.6 is 0 Å². The Bertz CT molecular complexity index is 896. The lowest BCUT2D eigenvalue weighted by Gasteiger charge is -2.47. The highest BCUT2D eigenvalue weighted by atomic mass is 16.3. The fraction of sp³-hybridized carbons (Fsp3) is 0.579. The molecule has 0 radical (unpaired) electrons. The van der Waals surface area contributed by atoms with Gasteiger partial charge in [0, 0.05) is 19.0 Å². The van der Waals surface area contributed by atoms with Crippen LogP contribution in [0.3, 0.4) is 0 Å².